The number of halogens is 1. The minimum Gasteiger partial charge on any atom is -0.444 e. The minimum atomic E-state index is -0.553. The third-order valence-corrected chi connectivity index (χ3v) is 2.37. The number of rotatable bonds is 4. The molecule has 1 amide bonds. The fourth-order valence-electron chi connectivity index (χ4n) is 1.51. The molecule has 1 heterocycles. The zero-order valence-electron chi connectivity index (χ0n) is 11.4. The zero-order valence-corrected chi connectivity index (χ0v) is 11.4. The van der Waals surface area contributed by atoms with Crippen LogP contribution >= 0.6 is 0 Å². The number of carbonyl (C=O) groups excluding carboxylic acids is 1. The smallest absolute Gasteiger partial charge is 0.407 e. The Labute approximate surface area is 112 Å². The van der Waals surface area contributed by atoms with E-state index >= 15 is 0 Å². The van der Waals surface area contributed by atoms with Crippen molar-refractivity contribution in [1.29, 1.82) is 0 Å². The van der Waals surface area contributed by atoms with Crippen LogP contribution in [0.2, 0.25) is 0 Å². The Bertz CT molecular complexity index is 432. The maximum atomic E-state index is 13.1. The van der Waals surface area contributed by atoms with Crippen molar-refractivity contribution in [2.45, 2.75) is 32.3 Å². The summed E-state index contributed by atoms with van der Waals surface area (Å²) in [5, 5.41) is 2.62. The van der Waals surface area contributed by atoms with Crippen molar-refractivity contribution in [3.05, 3.63) is 29.8 Å². The molecule has 1 unspecified atom stereocenters. The van der Waals surface area contributed by atoms with Crippen molar-refractivity contribution >= 4 is 6.09 Å². The first-order valence-corrected chi connectivity index (χ1v) is 6.09. The topological polar surface area (TPSA) is 77.2 Å². The normalized spacial score (nSPS) is 12.9. The van der Waals surface area contributed by atoms with Crippen LogP contribution in [-0.4, -0.2) is 29.8 Å². The summed E-state index contributed by atoms with van der Waals surface area (Å²) >= 11 is 0. The zero-order chi connectivity index (χ0) is 14.5. The molecule has 106 valence electrons. The second-order valence-electron chi connectivity index (χ2n) is 5.25. The summed E-state index contributed by atoms with van der Waals surface area (Å²) in [6.45, 7) is 5.90. The van der Waals surface area contributed by atoms with Gasteiger partial charge in [-0.1, -0.05) is 0 Å². The quantitative estimate of drug-likeness (QED) is 0.873. The molecular formula is C13H20FN3O2. The lowest BCUT2D eigenvalue weighted by Crippen LogP contribution is -2.36. The molecule has 5 nitrogen and oxygen atoms in total. The van der Waals surface area contributed by atoms with Crippen LogP contribution in [-0.2, 0) is 4.74 Å². The van der Waals surface area contributed by atoms with Crippen molar-refractivity contribution < 1.29 is 13.9 Å². The molecule has 0 fully saturated rings. The summed E-state index contributed by atoms with van der Waals surface area (Å²) < 4.78 is 18.2. The van der Waals surface area contributed by atoms with Gasteiger partial charge in [-0.3, -0.25) is 4.98 Å². The number of nitrogens with one attached hydrogen (secondary N) is 1. The van der Waals surface area contributed by atoms with E-state index in [1.54, 1.807) is 20.8 Å². The number of pyridine rings is 1. The predicted molar refractivity (Wildman–Crippen MR) is 70.2 cm³/mol. The van der Waals surface area contributed by atoms with Crippen molar-refractivity contribution in [1.82, 2.24) is 10.3 Å². The molecule has 1 rings (SSSR count). The largest absolute Gasteiger partial charge is 0.444 e. The van der Waals surface area contributed by atoms with E-state index in [1.807, 2.05) is 0 Å². The molecule has 0 saturated heterocycles. The Morgan fingerprint density at radius 1 is 1.53 bits per heavy atom. The van der Waals surface area contributed by atoms with Crippen LogP contribution < -0.4 is 11.1 Å². The van der Waals surface area contributed by atoms with Crippen LogP contribution in [0.15, 0.2) is 18.5 Å². The number of nitrogens with two attached hydrogens (primary N) is 1. The van der Waals surface area contributed by atoms with Crippen molar-refractivity contribution in [2.75, 3.05) is 13.1 Å². The van der Waals surface area contributed by atoms with Gasteiger partial charge in [0, 0.05) is 25.2 Å². The third kappa shape index (κ3) is 5.65. The summed E-state index contributed by atoms with van der Waals surface area (Å²) in [6, 6.07) is 1.36. The van der Waals surface area contributed by atoms with Crippen LogP contribution in [0.3, 0.4) is 0 Å². The standard InChI is InChI=1S/C13H20FN3O2/c1-13(2,3)19-12(18)17-7-10(5-15)9-4-11(14)8-16-6-9/h4,6,8,10H,5,7,15H2,1-3H3,(H,17,18). The lowest BCUT2D eigenvalue weighted by molar-refractivity contribution is 0.0525. The Morgan fingerprint density at radius 3 is 2.74 bits per heavy atom. The fraction of sp³-hybridized carbons (Fsp3) is 0.538. The number of hydrogen-bond donors (Lipinski definition) is 2. The third-order valence-electron chi connectivity index (χ3n) is 2.37. The van der Waals surface area contributed by atoms with Crippen LogP contribution in [0.5, 0.6) is 0 Å². The van der Waals surface area contributed by atoms with Gasteiger partial charge < -0.3 is 15.8 Å². The minimum absolute atomic E-state index is 0.198. The molecule has 6 heteroatoms. The summed E-state index contributed by atoms with van der Waals surface area (Å²) in [4.78, 5) is 15.3. The van der Waals surface area contributed by atoms with E-state index in [9.17, 15) is 9.18 Å². The summed E-state index contributed by atoms with van der Waals surface area (Å²) in [5.41, 5.74) is 5.72. The van der Waals surface area contributed by atoms with Gasteiger partial charge in [0.05, 0.1) is 6.20 Å². The Hall–Kier alpha value is -1.69. The molecule has 0 aliphatic rings. The molecule has 0 radical (unpaired) electrons. The number of alkyl carbamates (subject to hydrolysis) is 1. The number of carbonyl (C=O) groups is 1. The second kappa shape index (κ2) is 6.47. The highest BCUT2D eigenvalue weighted by atomic mass is 19.1. The number of hydrogen-bond acceptors (Lipinski definition) is 4. The van der Waals surface area contributed by atoms with E-state index < -0.39 is 17.5 Å². The van der Waals surface area contributed by atoms with E-state index in [1.165, 1.54) is 12.3 Å². The highest BCUT2D eigenvalue weighted by molar-refractivity contribution is 5.67. The van der Waals surface area contributed by atoms with Crippen LogP contribution in [0.25, 0.3) is 0 Å². The molecule has 1 aromatic rings. The van der Waals surface area contributed by atoms with Gasteiger partial charge in [0.1, 0.15) is 11.4 Å². The maximum Gasteiger partial charge on any atom is 0.407 e. The van der Waals surface area contributed by atoms with E-state index in [0.29, 0.717) is 5.56 Å². The molecule has 1 aromatic heterocycles. The van der Waals surface area contributed by atoms with Gasteiger partial charge in [0.25, 0.3) is 0 Å². The van der Waals surface area contributed by atoms with Gasteiger partial charge in [-0.25, -0.2) is 9.18 Å². The average molecular weight is 269 g/mol. The predicted octanol–water partition coefficient (Wildman–Crippen LogP) is 1.79. The molecule has 3 N–H and O–H groups in total. The lowest BCUT2D eigenvalue weighted by atomic mass is 10.0. The summed E-state index contributed by atoms with van der Waals surface area (Å²) in [7, 11) is 0. The monoisotopic (exact) mass is 269 g/mol. The van der Waals surface area contributed by atoms with E-state index in [2.05, 4.69) is 10.3 Å². The maximum absolute atomic E-state index is 13.1. The van der Waals surface area contributed by atoms with Gasteiger partial charge >= 0.3 is 6.09 Å². The molecule has 19 heavy (non-hydrogen) atoms. The first-order valence-electron chi connectivity index (χ1n) is 6.09. The van der Waals surface area contributed by atoms with Crippen LogP contribution in [0.1, 0.15) is 32.3 Å². The van der Waals surface area contributed by atoms with E-state index in [0.717, 1.165) is 6.20 Å². The molecule has 0 aromatic carbocycles. The first-order chi connectivity index (χ1) is 8.81. The van der Waals surface area contributed by atoms with E-state index in [-0.39, 0.29) is 19.0 Å². The number of aromatic nitrogens is 1. The molecule has 0 aliphatic carbocycles. The van der Waals surface area contributed by atoms with E-state index in [4.69, 9.17) is 10.5 Å². The molecule has 0 spiro atoms. The van der Waals surface area contributed by atoms with Crippen molar-refractivity contribution in [3.8, 4) is 0 Å². The molecule has 0 saturated carbocycles. The Kier molecular flexibility index (Phi) is 5.23. The number of nitrogens with zero attached hydrogens (tertiary/aromatic N) is 1. The Morgan fingerprint density at radius 2 is 2.21 bits per heavy atom. The Balaban J connectivity index is 2.56. The van der Waals surface area contributed by atoms with Gasteiger partial charge in [0.15, 0.2) is 0 Å². The number of ether oxygens (including phenoxy) is 1. The van der Waals surface area contributed by atoms with Gasteiger partial charge in [0.2, 0.25) is 0 Å². The first kappa shape index (κ1) is 15.4. The summed E-state index contributed by atoms with van der Waals surface area (Å²) in [6.07, 6.45) is 2.14. The highest BCUT2D eigenvalue weighted by Gasteiger charge is 2.18. The van der Waals surface area contributed by atoms with Crippen molar-refractivity contribution in [3.63, 3.8) is 0 Å². The van der Waals surface area contributed by atoms with Crippen LogP contribution in [0, 0.1) is 5.82 Å². The van der Waals surface area contributed by atoms with Gasteiger partial charge in [-0.05, 0) is 32.4 Å². The second-order valence-corrected chi connectivity index (χ2v) is 5.25. The van der Waals surface area contributed by atoms with Gasteiger partial charge in [-0.2, -0.15) is 0 Å². The fourth-order valence-corrected chi connectivity index (χ4v) is 1.51. The summed E-state index contributed by atoms with van der Waals surface area (Å²) in [5.74, 6) is -0.621. The highest BCUT2D eigenvalue weighted by Crippen LogP contribution is 2.14. The number of amides is 1. The molecule has 0 bridgehead atoms. The lowest BCUT2D eigenvalue weighted by Gasteiger charge is -2.21. The molecular weight excluding hydrogens is 249 g/mol. The molecule has 1 atom stereocenters. The van der Waals surface area contributed by atoms with Crippen molar-refractivity contribution in [2.24, 2.45) is 5.73 Å². The SMILES string of the molecule is CC(C)(C)OC(=O)NCC(CN)c1cncc(F)c1. The average Bonchev–Trinajstić information content (AvgIpc) is 2.27. The van der Waals surface area contributed by atoms with Crippen LogP contribution in [0.4, 0.5) is 9.18 Å². The molecule has 0 aliphatic heterocycles. The van der Waals surface area contributed by atoms with Gasteiger partial charge in [-0.15, -0.1) is 0 Å².